The lowest BCUT2D eigenvalue weighted by atomic mass is 9.67. The predicted octanol–water partition coefficient (Wildman–Crippen LogP) is 4.19. The summed E-state index contributed by atoms with van der Waals surface area (Å²) in [6.45, 7) is 0.562. The molecule has 4 heteroatoms. The van der Waals surface area contributed by atoms with Crippen LogP contribution in [-0.2, 0) is 13.0 Å². The zero-order valence-corrected chi connectivity index (χ0v) is 12.7. The van der Waals surface area contributed by atoms with E-state index < -0.39 is 0 Å². The Morgan fingerprint density at radius 1 is 1.14 bits per heavy atom. The number of nitrogens with zero attached hydrogens (tertiary/aromatic N) is 2. The summed E-state index contributed by atoms with van der Waals surface area (Å²) in [5, 5.41) is 7.37. The number of fused-ring (bicyclic) bond motifs is 1. The molecule has 0 atom stereocenters. The summed E-state index contributed by atoms with van der Waals surface area (Å²) < 4.78 is 5.18. The van der Waals surface area contributed by atoms with E-state index in [2.05, 4.69) is 34.7 Å². The number of rotatable bonds is 2. The third-order valence-electron chi connectivity index (χ3n) is 5.00. The van der Waals surface area contributed by atoms with E-state index in [1.807, 2.05) is 6.07 Å². The van der Waals surface area contributed by atoms with Crippen LogP contribution in [0.25, 0.3) is 0 Å². The van der Waals surface area contributed by atoms with Crippen LogP contribution >= 0.6 is 0 Å². The molecule has 1 fully saturated rings. The minimum atomic E-state index is 0.187. The number of hydrogen-bond acceptors (Lipinski definition) is 3. The van der Waals surface area contributed by atoms with Crippen molar-refractivity contribution in [2.24, 2.45) is 10.4 Å². The molecule has 1 spiro atoms. The maximum Gasteiger partial charge on any atom is 0.158 e. The Balaban J connectivity index is 1.68. The van der Waals surface area contributed by atoms with Crippen molar-refractivity contribution in [3.63, 3.8) is 0 Å². The lowest BCUT2D eigenvalue weighted by Gasteiger charge is -2.42. The van der Waals surface area contributed by atoms with Gasteiger partial charge in [0.2, 0.25) is 0 Å². The van der Waals surface area contributed by atoms with Crippen molar-refractivity contribution in [2.45, 2.75) is 45.1 Å². The van der Waals surface area contributed by atoms with Crippen LogP contribution in [0.5, 0.6) is 0 Å². The number of aliphatic imine (C=N–C) groups is 1. The summed E-state index contributed by atoms with van der Waals surface area (Å²) in [7, 11) is 0. The Morgan fingerprint density at radius 2 is 2.00 bits per heavy atom. The molecule has 1 aliphatic carbocycles. The van der Waals surface area contributed by atoms with Gasteiger partial charge in [-0.1, -0.05) is 42.6 Å². The van der Waals surface area contributed by atoms with Gasteiger partial charge in [-0.15, -0.1) is 0 Å². The van der Waals surface area contributed by atoms with Gasteiger partial charge in [-0.3, -0.25) is 4.99 Å². The summed E-state index contributed by atoms with van der Waals surface area (Å²) in [5.74, 6) is 1.96. The first-order valence-electron chi connectivity index (χ1n) is 8.15. The Morgan fingerprint density at radius 3 is 2.82 bits per heavy atom. The van der Waals surface area contributed by atoms with Gasteiger partial charge in [-0.2, -0.15) is 0 Å². The highest BCUT2D eigenvalue weighted by Gasteiger charge is 2.40. The number of benzene rings is 1. The molecular formula is C18H21N3O. The summed E-state index contributed by atoms with van der Waals surface area (Å²) in [6.07, 6.45) is 9.17. The normalized spacial score (nSPS) is 21.5. The molecule has 0 bridgehead atoms. The standard InChI is InChI=1S/C18H21N3O/c1-4-9-18(10-5-1)12-14-6-2-3-7-16(14)21-17(18)19-13-15-8-11-20-22-15/h2-3,6-8,11H,1,4-5,9-10,12-13H2,(H,19,21). The highest BCUT2D eigenvalue weighted by molar-refractivity contribution is 6.02. The minimum Gasteiger partial charge on any atom is -0.359 e. The highest BCUT2D eigenvalue weighted by atomic mass is 16.5. The molecule has 1 N–H and O–H groups in total. The Hall–Kier alpha value is -2.10. The number of para-hydroxylation sites is 1. The Bertz CT molecular complexity index is 669. The maximum absolute atomic E-state index is 5.18. The van der Waals surface area contributed by atoms with E-state index in [-0.39, 0.29) is 5.41 Å². The first kappa shape index (κ1) is 13.6. The molecule has 1 aromatic carbocycles. The van der Waals surface area contributed by atoms with Crippen molar-refractivity contribution < 1.29 is 4.52 Å². The number of amidine groups is 1. The van der Waals surface area contributed by atoms with Gasteiger partial charge in [-0.25, -0.2) is 0 Å². The summed E-state index contributed by atoms with van der Waals surface area (Å²) in [4.78, 5) is 4.87. The largest absolute Gasteiger partial charge is 0.359 e. The summed E-state index contributed by atoms with van der Waals surface area (Å²) in [6, 6.07) is 10.5. The van der Waals surface area contributed by atoms with Gasteiger partial charge in [0.25, 0.3) is 0 Å². The predicted molar refractivity (Wildman–Crippen MR) is 86.9 cm³/mol. The van der Waals surface area contributed by atoms with Crippen LogP contribution in [0.1, 0.15) is 43.4 Å². The van der Waals surface area contributed by atoms with Crippen LogP contribution in [0.4, 0.5) is 5.69 Å². The fourth-order valence-electron chi connectivity index (χ4n) is 3.83. The molecule has 0 saturated heterocycles. The Labute approximate surface area is 130 Å². The molecule has 2 heterocycles. The van der Waals surface area contributed by atoms with E-state index in [9.17, 15) is 0 Å². The number of nitrogens with one attached hydrogen (secondary N) is 1. The van der Waals surface area contributed by atoms with Crippen molar-refractivity contribution in [3.05, 3.63) is 47.9 Å². The van der Waals surface area contributed by atoms with Crippen LogP contribution in [0.3, 0.4) is 0 Å². The lowest BCUT2D eigenvalue weighted by Crippen LogP contribution is -2.43. The number of aromatic nitrogens is 1. The smallest absolute Gasteiger partial charge is 0.158 e. The topological polar surface area (TPSA) is 50.4 Å². The second-order valence-corrected chi connectivity index (χ2v) is 6.44. The van der Waals surface area contributed by atoms with Crippen molar-refractivity contribution >= 4 is 11.5 Å². The monoisotopic (exact) mass is 295 g/mol. The second kappa shape index (κ2) is 5.59. The fourth-order valence-corrected chi connectivity index (χ4v) is 3.83. The molecule has 4 rings (SSSR count). The second-order valence-electron chi connectivity index (χ2n) is 6.44. The van der Waals surface area contributed by atoms with Crippen molar-refractivity contribution in [1.29, 1.82) is 0 Å². The van der Waals surface area contributed by atoms with E-state index >= 15 is 0 Å². The van der Waals surface area contributed by atoms with E-state index in [4.69, 9.17) is 9.52 Å². The van der Waals surface area contributed by atoms with E-state index in [1.165, 1.54) is 43.4 Å². The number of anilines is 1. The molecule has 0 radical (unpaired) electrons. The average Bonchev–Trinajstić information content (AvgIpc) is 3.07. The average molecular weight is 295 g/mol. The van der Waals surface area contributed by atoms with E-state index in [1.54, 1.807) is 6.20 Å². The molecule has 114 valence electrons. The third-order valence-corrected chi connectivity index (χ3v) is 5.00. The molecule has 2 aromatic rings. The highest BCUT2D eigenvalue weighted by Crippen LogP contribution is 2.44. The molecule has 0 amide bonds. The molecule has 22 heavy (non-hydrogen) atoms. The van der Waals surface area contributed by atoms with Crippen LogP contribution < -0.4 is 5.32 Å². The van der Waals surface area contributed by atoms with Gasteiger partial charge in [0.05, 0.1) is 6.20 Å². The minimum absolute atomic E-state index is 0.187. The van der Waals surface area contributed by atoms with Gasteiger partial charge in [0, 0.05) is 17.2 Å². The van der Waals surface area contributed by atoms with E-state index in [0.29, 0.717) is 6.54 Å². The first-order chi connectivity index (χ1) is 10.9. The zero-order valence-electron chi connectivity index (χ0n) is 12.7. The van der Waals surface area contributed by atoms with Gasteiger partial charge in [0.15, 0.2) is 5.76 Å². The molecule has 1 aromatic heterocycles. The molecular weight excluding hydrogens is 274 g/mol. The Kier molecular flexibility index (Phi) is 3.45. The van der Waals surface area contributed by atoms with Crippen molar-refractivity contribution in [3.8, 4) is 0 Å². The molecule has 1 saturated carbocycles. The van der Waals surface area contributed by atoms with Gasteiger partial charge >= 0.3 is 0 Å². The molecule has 2 aliphatic rings. The third kappa shape index (κ3) is 2.43. The fraction of sp³-hybridized carbons (Fsp3) is 0.444. The van der Waals surface area contributed by atoms with Crippen molar-refractivity contribution in [2.75, 3.05) is 5.32 Å². The summed E-state index contributed by atoms with van der Waals surface area (Å²) >= 11 is 0. The van der Waals surface area contributed by atoms with Crippen LogP contribution in [0.15, 0.2) is 46.0 Å². The van der Waals surface area contributed by atoms with Crippen LogP contribution in [0.2, 0.25) is 0 Å². The molecule has 1 aliphatic heterocycles. The maximum atomic E-state index is 5.18. The lowest BCUT2D eigenvalue weighted by molar-refractivity contribution is 0.278. The SMILES string of the molecule is c1ccc2c(c1)CC1(CCCCC1)C(=NCc1ccno1)N2. The molecule has 4 nitrogen and oxygen atoms in total. The number of hydrogen-bond donors (Lipinski definition) is 1. The van der Waals surface area contributed by atoms with Crippen LogP contribution in [-0.4, -0.2) is 11.0 Å². The molecule has 0 unspecified atom stereocenters. The quantitative estimate of drug-likeness (QED) is 0.903. The summed E-state index contributed by atoms with van der Waals surface area (Å²) in [5.41, 5.74) is 2.81. The van der Waals surface area contributed by atoms with Crippen LogP contribution in [0, 0.1) is 5.41 Å². The van der Waals surface area contributed by atoms with Gasteiger partial charge in [-0.05, 0) is 30.9 Å². The zero-order chi connectivity index (χ0) is 14.8. The van der Waals surface area contributed by atoms with E-state index in [0.717, 1.165) is 18.0 Å². The van der Waals surface area contributed by atoms with Gasteiger partial charge in [0.1, 0.15) is 12.4 Å². The van der Waals surface area contributed by atoms with Crippen molar-refractivity contribution in [1.82, 2.24) is 5.16 Å². The van der Waals surface area contributed by atoms with Gasteiger partial charge < -0.3 is 9.84 Å². The first-order valence-corrected chi connectivity index (χ1v) is 8.15.